The Hall–Kier alpha value is -0.980. The molecule has 1 atom stereocenters. The van der Waals surface area contributed by atoms with E-state index in [2.05, 4.69) is 11.9 Å². The first-order chi connectivity index (χ1) is 10.2. The summed E-state index contributed by atoms with van der Waals surface area (Å²) in [5.74, 6) is 0.413. The van der Waals surface area contributed by atoms with E-state index in [1.54, 1.807) is 0 Å². The first-order valence-corrected chi connectivity index (χ1v) is 8.49. The van der Waals surface area contributed by atoms with E-state index in [0.29, 0.717) is 19.1 Å². The van der Waals surface area contributed by atoms with Crippen molar-refractivity contribution in [2.45, 2.75) is 39.4 Å². The summed E-state index contributed by atoms with van der Waals surface area (Å²) in [7, 11) is 0. The van der Waals surface area contributed by atoms with Gasteiger partial charge in [-0.15, -0.1) is 11.3 Å². The summed E-state index contributed by atoms with van der Waals surface area (Å²) in [6.45, 7) is 6.88. The van der Waals surface area contributed by atoms with Gasteiger partial charge < -0.3 is 14.4 Å². The van der Waals surface area contributed by atoms with Crippen molar-refractivity contribution in [3.8, 4) is 0 Å². The molecule has 2 aliphatic heterocycles. The fourth-order valence-electron chi connectivity index (χ4n) is 3.01. The van der Waals surface area contributed by atoms with Gasteiger partial charge in [0.05, 0.1) is 23.9 Å². The van der Waals surface area contributed by atoms with Crippen molar-refractivity contribution in [1.82, 2.24) is 9.88 Å². The van der Waals surface area contributed by atoms with Gasteiger partial charge in [-0.2, -0.15) is 0 Å². The third kappa shape index (κ3) is 3.12. The first kappa shape index (κ1) is 14.9. The van der Waals surface area contributed by atoms with Crippen LogP contribution in [0, 0.1) is 12.8 Å². The van der Waals surface area contributed by atoms with Crippen LogP contribution in [0.4, 0.5) is 0 Å². The zero-order valence-electron chi connectivity index (χ0n) is 12.6. The normalized spacial score (nSPS) is 23.7. The summed E-state index contributed by atoms with van der Waals surface area (Å²) in [5, 5.41) is 1.03. The third-order valence-corrected chi connectivity index (χ3v) is 5.40. The Morgan fingerprint density at radius 3 is 2.86 bits per heavy atom. The number of carbonyl (C=O) groups excluding carboxylic acids is 1. The molecule has 3 heterocycles. The lowest BCUT2D eigenvalue weighted by Gasteiger charge is -2.34. The molecular weight excluding hydrogens is 288 g/mol. The first-order valence-electron chi connectivity index (χ1n) is 7.67. The van der Waals surface area contributed by atoms with Crippen molar-refractivity contribution in [3.05, 3.63) is 15.6 Å². The number of nitrogens with zero attached hydrogens (tertiary/aromatic N) is 2. The number of hydrogen-bond donors (Lipinski definition) is 0. The molecule has 0 radical (unpaired) electrons. The van der Waals surface area contributed by atoms with Gasteiger partial charge in [0.15, 0.2) is 6.29 Å². The summed E-state index contributed by atoms with van der Waals surface area (Å²) in [4.78, 5) is 19.9. The van der Waals surface area contributed by atoms with Crippen LogP contribution >= 0.6 is 11.3 Å². The van der Waals surface area contributed by atoms with Crippen molar-refractivity contribution in [2.24, 2.45) is 5.92 Å². The minimum absolute atomic E-state index is 0.118. The van der Waals surface area contributed by atoms with E-state index < -0.39 is 0 Å². The van der Waals surface area contributed by atoms with E-state index in [0.717, 1.165) is 47.9 Å². The predicted molar refractivity (Wildman–Crippen MR) is 80.5 cm³/mol. The molecule has 0 saturated carbocycles. The number of aromatic nitrogens is 1. The third-order valence-electron chi connectivity index (χ3n) is 4.12. The second-order valence-electron chi connectivity index (χ2n) is 5.64. The van der Waals surface area contributed by atoms with Crippen molar-refractivity contribution < 1.29 is 14.3 Å². The lowest BCUT2D eigenvalue weighted by atomic mass is 9.97. The van der Waals surface area contributed by atoms with Crippen molar-refractivity contribution in [2.75, 3.05) is 26.3 Å². The number of piperidine rings is 1. The monoisotopic (exact) mass is 310 g/mol. The number of carbonyl (C=O) groups is 1. The molecule has 3 rings (SSSR count). The summed E-state index contributed by atoms with van der Waals surface area (Å²) in [6.07, 6.45) is 2.83. The van der Waals surface area contributed by atoms with Crippen molar-refractivity contribution >= 4 is 17.2 Å². The number of rotatable bonds is 3. The predicted octanol–water partition coefficient (Wildman–Crippen LogP) is 2.24. The van der Waals surface area contributed by atoms with Gasteiger partial charge in [0, 0.05) is 19.0 Å². The quantitative estimate of drug-likeness (QED) is 0.859. The molecule has 1 unspecified atom stereocenters. The Kier molecular flexibility index (Phi) is 4.57. The molecule has 1 amide bonds. The number of likely N-dealkylation sites (tertiary alicyclic amines) is 1. The standard InChI is InChI=1S/C15H22N2O3S/c1-3-12-16-10(2)13(21-12)14(18)17-6-4-5-11(9-17)15-19-7-8-20-15/h11,15H,3-9H2,1-2H3. The van der Waals surface area contributed by atoms with Crippen LogP contribution in [0.1, 0.15) is 40.1 Å². The van der Waals surface area contributed by atoms with Gasteiger partial charge in [0.2, 0.25) is 0 Å². The molecule has 116 valence electrons. The highest BCUT2D eigenvalue weighted by atomic mass is 32.1. The highest BCUT2D eigenvalue weighted by molar-refractivity contribution is 7.13. The molecule has 0 spiro atoms. The molecule has 0 aliphatic carbocycles. The zero-order valence-corrected chi connectivity index (χ0v) is 13.4. The van der Waals surface area contributed by atoms with E-state index in [9.17, 15) is 4.79 Å². The zero-order chi connectivity index (χ0) is 14.8. The number of ether oxygens (including phenoxy) is 2. The van der Waals surface area contributed by atoms with Gasteiger partial charge in [-0.3, -0.25) is 4.79 Å². The molecule has 0 aromatic carbocycles. The van der Waals surface area contributed by atoms with Gasteiger partial charge in [-0.25, -0.2) is 4.98 Å². The van der Waals surface area contributed by atoms with Crippen LogP contribution in [0.2, 0.25) is 0 Å². The van der Waals surface area contributed by atoms with E-state index >= 15 is 0 Å². The molecule has 2 saturated heterocycles. The average molecular weight is 310 g/mol. The highest BCUT2D eigenvalue weighted by Gasteiger charge is 2.33. The molecule has 21 heavy (non-hydrogen) atoms. The minimum atomic E-state index is -0.130. The van der Waals surface area contributed by atoms with Gasteiger partial charge in [0.25, 0.3) is 5.91 Å². The molecule has 5 nitrogen and oxygen atoms in total. The van der Waals surface area contributed by atoms with Gasteiger partial charge >= 0.3 is 0 Å². The molecule has 6 heteroatoms. The number of aryl methyl sites for hydroxylation is 2. The SMILES string of the molecule is CCc1nc(C)c(C(=O)N2CCCC(C3OCCO3)C2)s1. The van der Waals surface area contributed by atoms with E-state index in [4.69, 9.17) is 9.47 Å². The van der Waals surface area contributed by atoms with E-state index in [1.165, 1.54) is 11.3 Å². The van der Waals surface area contributed by atoms with E-state index in [1.807, 2.05) is 11.8 Å². The van der Waals surface area contributed by atoms with Gasteiger partial charge in [-0.05, 0) is 26.2 Å². The number of amides is 1. The minimum Gasteiger partial charge on any atom is -0.350 e. The molecular formula is C15H22N2O3S. The van der Waals surface area contributed by atoms with Crippen LogP contribution in [0.25, 0.3) is 0 Å². The maximum atomic E-state index is 12.7. The van der Waals surface area contributed by atoms with Crippen molar-refractivity contribution in [3.63, 3.8) is 0 Å². The van der Waals surface area contributed by atoms with Crippen LogP contribution in [-0.4, -0.2) is 48.4 Å². The van der Waals surface area contributed by atoms with Crippen molar-refractivity contribution in [1.29, 1.82) is 0 Å². The number of thiazole rings is 1. The van der Waals surface area contributed by atoms with Crippen LogP contribution in [0.5, 0.6) is 0 Å². The summed E-state index contributed by atoms with van der Waals surface area (Å²) >= 11 is 1.53. The lowest BCUT2D eigenvalue weighted by Crippen LogP contribution is -2.43. The largest absolute Gasteiger partial charge is 0.350 e. The fourth-order valence-corrected chi connectivity index (χ4v) is 3.98. The highest BCUT2D eigenvalue weighted by Crippen LogP contribution is 2.27. The summed E-state index contributed by atoms with van der Waals surface area (Å²) in [5.41, 5.74) is 0.859. The Morgan fingerprint density at radius 1 is 1.43 bits per heavy atom. The molecule has 2 fully saturated rings. The second-order valence-corrected chi connectivity index (χ2v) is 6.72. The summed E-state index contributed by atoms with van der Waals surface area (Å²) < 4.78 is 11.2. The molecule has 0 bridgehead atoms. The van der Waals surface area contributed by atoms with E-state index in [-0.39, 0.29) is 12.2 Å². The smallest absolute Gasteiger partial charge is 0.265 e. The lowest BCUT2D eigenvalue weighted by molar-refractivity contribution is -0.0969. The average Bonchev–Trinajstić information content (AvgIpc) is 3.16. The topological polar surface area (TPSA) is 51.7 Å². The molecule has 1 aromatic heterocycles. The number of hydrogen-bond acceptors (Lipinski definition) is 5. The Morgan fingerprint density at radius 2 is 2.19 bits per heavy atom. The molecule has 1 aromatic rings. The fraction of sp³-hybridized carbons (Fsp3) is 0.733. The summed E-state index contributed by atoms with van der Waals surface area (Å²) in [6, 6.07) is 0. The Labute approximate surface area is 129 Å². The second kappa shape index (κ2) is 6.42. The maximum Gasteiger partial charge on any atom is 0.265 e. The van der Waals surface area contributed by atoms with Gasteiger partial charge in [-0.1, -0.05) is 6.92 Å². The van der Waals surface area contributed by atoms with Crippen LogP contribution in [-0.2, 0) is 15.9 Å². The Bertz CT molecular complexity index is 511. The molecule has 0 N–H and O–H groups in total. The van der Waals surface area contributed by atoms with Crippen LogP contribution in [0.15, 0.2) is 0 Å². The van der Waals surface area contributed by atoms with Crippen LogP contribution < -0.4 is 0 Å². The maximum absolute atomic E-state index is 12.7. The van der Waals surface area contributed by atoms with Crippen LogP contribution in [0.3, 0.4) is 0 Å². The Balaban J connectivity index is 1.70. The van der Waals surface area contributed by atoms with Gasteiger partial charge in [0.1, 0.15) is 4.88 Å². The molecule has 2 aliphatic rings.